The van der Waals surface area contributed by atoms with Crippen molar-refractivity contribution in [3.63, 3.8) is 0 Å². The molecule has 21 heavy (non-hydrogen) atoms. The van der Waals surface area contributed by atoms with Crippen LogP contribution in [-0.2, 0) is 6.42 Å². The number of nitrogens with two attached hydrogens (primary N) is 1. The highest BCUT2D eigenvalue weighted by molar-refractivity contribution is 6.33. The number of anilines is 1. The predicted octanol–water partition coefficient (Wildman–Crippen LogP) is 3.19. The Hall–Kier alpha value is -2.20. The molecule has 110 valence electrons. The molecule has 0 heterocycles. The standard InChI is InChI=1S/C16H17ClN2O2/c1-10(8-11-2-5-13(20)6-3-11)19-12-4-7-15(17)14(9-12)16(18)21/h2-7,9-10,19-20H,8H2,1H3,(H2,18,21). The van der Waals surface area contributed by atoms with Gasteiger partial charge in [-0.1, -0.05) is 23.7 Å². The first-order valence-corrected chi connectivity index (χ1v) is 6.97. The number of benzene rings is 2. The Morgan fingerprint density at radius 2 is 1.95 bits per heavy atom. The lowest BCUT2D eigenvalue weighted by atomic mass is 10.1. The first-order valence-electron chi connectivity index (χ1n) is 6.59. The quantitative estimate of drug-likeness (QED) is 0.794. The Kier molecular flexibility index (Phi) is 4.70. The normalized spacial score (nSPS) is 11.9. The number of aromatic hydroxyl groups is 1. The van der Waals surface area contributed by atoms with E-state index in [1.165, 1.54) is 0 Å². The van der Waals surface area contributed by atoms with Crippen molar-refractivity contribution in [1.82, 2.24) is 0 Å². The summed E-state index contributed by atoms with van der Waals surface area (Å²) >= 11 is 5.92. The van der Waals surface area contributed by atoms with Gasteiger partial charge in [0.15, 0.2) is 0 Å². The third-order valence-corrected chi connectivity index (χ3v) is 3.45. The number of carbonyl (C=O) groups excluding carboxylic acids is 1. The Morgan fingerprint density at radius 3 is 2.57 bits per heavy atom. The molecule has 2 rings (SSSR count). The van der Waals surface area contributed by atoms with Crippen LogP contribution < -0.4 is 11.1 Å². The van der Waals surface area contributed by atoms with E-state index in [1.807, 2.05) is 25.1 Å². The van der Waals surface area contributed by atoms with Gasteiger partial charge in [0.05, 0.1) is 10.6 Å². The van der Waals surface area contributed by atoms with Crippen LogP contribution in [0.2, 0.25) is 5.02 Å². The van der Waals surface area contributed by atoms with Crippen LogP contribution in [0.1, 0.15) is 22.8 Å². The average molecular weight is 305 g/mol. The van der Waals surface area contributed by atoms with Gasteiger partial charge in [0.2, 0.25) is 5.91 Å². The summed E-state index contributed by atoms with van der Waals surface area (Å²) in [6, 6.07) is 12.3. The lowest BCUT2D eigenvalue weighted by Gasteiger charge is -2.16. The summed E-state index contributed by atoms with van der Waals surface area (Å²) in [6.07, 6.45) is 0.787. The van der Waals surface area contributed by atoms with Crippen LogP contribution in [0.5, 0.6) is 5.75 Å². The zero-order valence-electron chi connectivity index (χ0n) is 11.6. The van der Waals surface area contributed by atoms with Gasteiger partial charge in [-0.05, 0) is 49.2 Å². The van der Waals surface area contributed by atoms with Crippen LogP contribution in [-0.4, -0.2) is 17.1 Å². The van der Waals surface area contributed by atoms with E-state index in [-0.39, 0.29) is 11.8 Å². The van der Waals surface area contributed by atoms with Gasteiger partial charge in [-0.3, -0.25) is 4.79 Å². The molecule has 0 aliphatic rings. The number of amides is 1. The molecule has 0 saturated heterocycles. The highest BCUT2D eigenvalue weighted by Crippen LogP contribution is 2.21. The highest BCUT2D eigenvalue weighted by atomic mass is 35.5. The molecule has 0 spiro atoms. The molecule has 2 aromatic carbocycles. The van der Waals surface area contributed by atoms with E-state index in [1.54, 1.807) is 24.3 Å². The third kappa shape index (κ3) is 4.13. The molecule has 0 aliphatic carbocycles. The number of hydrogen-bond acceptors (Lipinski definition) is 3. The lowest BCUT2D eigenvalue weighted by Crippen LogP contribution is -2.19. The second-order valence-electron chi connectivity index (χ2n) is 4.97. The number of nitrogens with one attached hydrogen (secondary N) is 1. The van der Waals surface area contributed by atoms with Crippen molar-refractivity contribution < 1.29 is 9.90 Å². The summed E-state index contributed by atoms with van der Waals surface area (Å²) in [5, 5.41) is 12.9. The van der Waals surface area contributed by atoms with Crippen LogP contribution in [0.4, 0.5) is 5.69 Å². The van der Waals surface area contributed by atoms with Crippen molar-refractivity contribution in [3.05, 3.63) is 58.6 Å². The molecule has 1 amide bonds. The van der Waals surface area contributed by atoms with Gasteiger partial charge >= 0.3 is 0 Å². The Labute approximate surface area is 128 Å². The first-order chi connectivity index (χ1) is 9.95. The number of halogens is 1. The maximum Gasteiger partial charge on any atom is 0.250 e. The topological polar surface area (TPSA) is 75.3 Å². The number of carbonyl (C=O) groups is 1. The maximum atomic E-state index is 11.3. The van der Waals surface area contributed by atoms with Crippen LogP contribution in [0, 0.1) is 0 Å². The van der Waals surface area contributed by atoms with E-state index < -0.39 is 5.91 Å². The number of hydrogen-bond donors (Lipinski definition) is 3. The fourth-order valence-corrected chi connectivity index (χ4v) is 2.34. The lowest BCUT2D eigenvalue weighted by molar-refractivity contribution is 0.100. The number of phenolic OH excluding ortho intramolecular Hbond substituents is 1. The molecule has 0 radical (unpaired) electrons. The van der Waals surface area contributed by atoms with Crippen molar-refractivity contribution >= 4 is 23.2 Å². The zero-order valence-corrected chi connectivity index (χ0v) is 12.4. The van der Waals surface area contributed by atoms with Gasteiger partial charge in [-0.15, -0.1) is 0 Å². The van der Waals surface area contributed by atoms with E-state index in [9.17, 15) is 9.90 Å². The molecule has 0 bridgehead atoms. The predicted molar refractivity (Wildman–Crippen MR) is 84.9 cm³/mol. The van der Waals surface area contributed by atoms with E-state index in [0.717, 1.165) is 17.7 Å². The molecule has 1 unspecified atom stereocenters. The van der Waals surface area contributed by atoms with Crippen LogP contribution in [0.15, 0.2) is 42.5 Å². The van der Waals surface area contributed by atoms with Gasteiger partial charge < -0.3 is 16.2 Å². The monoisotopic (exact) mass is 304 g/mol. The number of primary amides is 1. The number of rotatable bonds is 5. The molecule has 4 nitrogen and oxygen atoms in total. The Bertz CT molecular complexity index is 641. The Balaban J connectivity index is 2.05. The summed E-state index contributed by atoms with van der Waals surface area (Å²) in [7, 11) is 0. The largest absolute Gasteiger partial charge is 0.508 e. The minimum Gasteiger partial charge on any atom is -0.508 e. The van der Waals surface area contributed by atoms with E-state index in [2.05, 4.69) is 5.32 Å². The van der Waals surface area contributed by atoms with Crippen molar-refractivity contribution in [2.24, 2.45) is 5.73 Å². The van der Waals surface area contributed by atoms with E-state index in [0.29, 0.717) is 10.6 Å². The van der Waals surface area contributed by atoms with Gasteiger partial charge in [-0.25, -0.2) is 0 Å². The van der Waals surface area contributed by atoms with Gasteiger partial charge in [-0.2, -0.15) is 0 Å². The summed E-state index contributed by atoms with van der Waals surface area (Å²) < 4.78 is 0. The molecular formula is C16H17ClN2O2. The minimum absolute atomic E-state index is 0.149. The van der Waals surface area contributed by atoms with Crippen LogP contribution in [0.3, 0.4) is 0 Å². The molecule has 1 atom stereocenters. The summed E-state index contributed by atoms with van der Waals surface area (Å²) in [4.78, 5) is 11.3. The molecule has 4 N–H and O–H groups in total. The number of phenols is 1. The van der Waals surface area contributed by atoms with Crippen molar-refractivity contribution in [2.45, 2.75) is 19.4 Å². The summed E-state index contributed by atoms with van der Waals surface area (Å²) in [6.45, 7) is 2.03. The zero-order chi connectivity index (χ0) is 15.4. The molecule has 0 aliphatic heterocycles. The molecule has 2 aromatic rings. The molecular weight excluding hydrogens is 288 g/mol. The smallest absolute Gasteiger partial charge is 0.250 e. The maximum absolute atomic E-state index is 11.3. The van der Waals surface area contributed by atoms with Crippen molar-refractivity contribution in [1.29, 1.82) is 0 Å². The van der Waals surface area contributed by atoms with Gasteiger partial charge in [0.25, 0.3) is 0 Å². The fraction of sp³-hybridized carbons (Fsp3) is 0.188. The molecule has 0 saturated carbocycles. The van der Waals surface area contributed by atoms with Gasteiger partial charge in [0, 0.05) is 11.7 Å². The van der Waals surface area contributed by atoms with Crippen LogP contribution >= 0.6 is 11.6 Å². The van der Waals surface area contributed by atoms with E-state index >= 15 is 0 Å². The summed E-state index contributed by atoms with van der Waals surface area (Å²) in [5.74, 6) is -0.294. The highest BCUT2D eigenvalue weighted by Gasteiger charge is 2.09. The van der Waals surface area contributed by atoms with E-state index in [4.69, 9.17) is 17.3 Å². The van der Waals surface area contributed by atoms with Crippen molar-refractivity contribution in [2.75, 3.05) is 5.32 Å². The van der Waals surface area contributed by atoms with Crippen LogP contribution in [0.25, 0.3) is 0 Å². The third-order valence-electron chi connectivity index (χ3n) is 3.12. The van der Waals surface area contributed by atoms with Crippen molar-refractivity contribution in [3.8, 4) is 5.75 Å². The SMILES string of the molecule is CC(Cc1ccc(O)cc1)Nc1ccc(Cl)c(C(N)=O)c1. The summed E-state index contributed by atoms with van der Waals surface area (Å²) in [5.41, 5.74) is 7.48. The fourth-order valence-electron chi connectivity index (χ4n) is 2.13. The second kappa shape index (κ2) is 6.50. The molecule has 0 aromatic heterocycles. The first kappa shape index (κ1) is 15.2. The van der Waals surface area contributed by atoms with Gasteiger partial charge in [0.1, 0.15) is 5.75 Å². The Morgan fingerprint density at radius 1 is 1.29 bits per heavy atom. The molecule has 0 fully saturated rings. The minimum atomic E-state index is -0.546. The molecule has 5 heteroatoms. The second-order valence-corrected chi connectivity index (χ2v) is 5.38. The average Bonchev–Trinajstić information content (AvgIpc) is 2.43.